The van der Waals surface area contributed by atoms with Gasteiger partial charge in [0.15, 0.2) is 5.82 Å². The molecule has 0 aliphatic carbocycles. The van der Waals surface area contributed by atoms with E-state index >= 15 is 0 Å². The molecule has 0 amide bonds. The van der Waals surface area contributed by atoms with Crippen LogP contribution in [0.2, 0.25) is 0 Å². The molecule has 0 atom stereocenters. The van der Waals surface area contributed by atoms with Gasteiger partial charge in [-0.25, -0.2) is 8.42 Å². The molecule has 0 saturated heterocycles. The molecule has 2 aromatic rings. The Morgan fingerprint density at radius 2 is 2.10 bits per heavy atom. The topological polar surface area (TPSA) is 101 Å². The lowest BCUT2D eigenvalue weighted by Crippen LogP contribution is -2.15. The molecule has 0 bridgehead atoms. The number of rotatable bonds is 4. The van der Waals surface area contributed by atoms with E-state index in [1.165, 1.54) is 6.07 Å². The van der Waals surface area contributed by atoms with E-state index in [2.05, 4.69) is 30.8 Å². The largest absolute Gasteiger partial charge is 0.398 e. The third-order valence-electron chi connectivity index (χ3n) is 2.83. The first-order valence-electron chi connectivity index (χ1n) is 5.96. The maximum absolute atomic E-state index is 12.3. The number of aromatic amines is 1. The van der Waals surface area contributed by atoms with Gasteiger partial charge in [-0.15, -0.1) is 0 Å². The molecule has 0 saturated carbocycles. The van der Waals surface area contributed by atoms with E-state index in [9.17, 15) is 8.42 Å². The number of H-pyrrole nitrogens is 1. The van der Waals surface area contributed by atoms with Crippen LogP contribution in [-0.2, 0) is 16.4 Å². The van der Waals surface area contributed by atoms with E-state index in [1.807, 2.05) is 6.92 Å². The second kappa shape index (κ2) is 5.45. The van der Waals surface area contributed by atoms with Crippen molar-refractivity contribution in [2.45, 2.75) is 25.2 Å². The van der Waals surface area contributed by atoms with Gasteiger partial charge in [-0.2, -0.15) is 5.10 Å². The van der Waals surface area contributed by atoms with Crippen molar-refractivity contribution in [2.75, 3.05) is 10.5 Å². The first-order valence-corrected chi connectivity index (χ1v) is 8.24. The first-order chi connectivity index (χ1) is 9.33. The summed E-state index contributed by atoms with van der Waals surface area (Å²) in [5.74, 6) is 0.266. The van der Waals surface area contributed by atoms with E-state index in [4.69, 9.17) is 5.73 Å². The number of aryl methyl sites for hydroxylation is 2. The van der Waals surface area contributed by atoms with E-state index in [1.54, 1.807) is 19.1 Å². The average Bonchev–Trinajstić information content (AvgIpc) is 2.80. The molecule has 0 radical (unpaired) electrons. The number of halogens is 1. The highest BCUT2D eigenvalue weighted by Gasteiger charge is 2.19. The molecule has 8 heteroatoms. The number of aromatic nitrogens is 2. The van der Waals surface area contributed by atoms with Crippen LogP contribution >= 0.6 is 15.9 Å². The zero-order valence-corrected chi connectivity index (χ0v) is 13.5. The van der Waals surface area contributed by atoms with Crippen LogP contribution < -0.4 is 10.5 Å². The summed E-state index contributed by atoms with van der Waals surface area (Å²) in [4.78, 5) is 0.138. The number of benzene rings is 1. The monoisotopic (exact) mass is 358 g/mol. The summed E-state index contributed by atoms with van der Waals surface area (Å²) in [6.07, 6.45) is 0.749. The number of hydrogen-bond acceptors (Lipinski definition) is 4. The van der Waals surface area contributed by atoms with E-state index < -0.39 is 10.0 Å². The van der Waals surface area contributed by atoms with Crippen LogP contribution in [-0.4, -0.2) is 18.6 Å². The number of hydrogen-bond donors (Lipinski definition) is 3. The van der Waals surface area contributed by atoms with Gasteiger partial charge in [-0.05, 0) is 47.0 Å². The third-order valence-corrected chi connectivity index (χ3v) is 5.02. The maximum Gasteiger partial charge on any atom is 0.263 e. The minimum absolute atomic E-state index is 0.138. The molecule has 0 spiro atoms. The van der Waals surface area contributed by atoms with Gasteiger partial charge in [0.1, 0.15) is 0 Å². The summed E-state index contributed by atoms with van der Waals surface area (Å²) in [5.41, 5.74) is 7.57. The lowest BCUT2D eigenvalue weighted by Gasteiger charge is -2.10. The molecule has 6 nitrogen and oxygen atoms in total. The van der Waals surface area contributed by atoms with E-state index in [-0.39, 0.29) is 10.7 Å². The number of nitrogens with zero attached hydrogens (tertiary/aromatic N) is 1. The Bertz CT molecular complexity index is 740. The highest BCUT2D eigenvalue weighted by Crippen LogP contribution is 2.27. The summed E-state index contributed by atoms with van der Waals surface area (Å²) in [6.45, 7) is 3.66. The zero-order chi connectivity index (χ0) is 14.9. The molecule has 1 heterocycles. The summed E-state index contributed by atoms with van der Waals surface area (Å²) in [7, 11) is -3.71. The molecule has 0 aliphatic heterocycles. The number of nitrogen functional groups attached to an aromatic ring is 1. The standard InChI is InChI=1S/C12H15BrN4O2S/c1-3-8-5-12(16-15-8)17-20(18,19)11-6-10(14)9(13)4-7(11)2/h4-6H,3,14H2,1-2H3,(H2,15,16,17). The second-order valence-electron chi connectivity index (χ2n) is 4.38. The fourth-order valence-corrected chi connectivity index (χ4v) is 3.46. The van der Waals surface area contributed by atoms with Crippen molar-refractivity contribution in [2.24, 2.45) is 0 Å². The van der Waals surface area contributed by atoms with Gasteiger partial charge < -0.3 is 5.73 Å². The van der Waals surface area contributed by atoms with Crippen LogP contribution in [0.4, 0.5) is 11.5 Å². The predicted molar refractivity (Wildman–Crippen MR) is 82.1 cm³/mol. The smallest absolute Gasteiger partial charge is 0.263 e. The highest BCUT2D eigenvalue weighted by atomic mass is 79.9. The van der Waals surface area contributed by atoms with Gasteiger partial charge in [-0.1, -0.05) is 6.92 Å². The molecule has 0 unspecified atom stereocenters. The van der Waals surface area contributed by atoms with Crippen LogP contribution in [0, 0.1) is 6.92 Å². The Kier molecular flexibility index (Phi) is 4.05. The summed E-state index contributed by atoms with van der Waals surface area (Å²) in [6, 6.07) is 4.76. The predicted octanol–water partition coefficient (Wildman–Crippen LogP) is 2.43. The van der Waals surface area contributed by atoms with Crippen molar-refractivity contribution in [3.63, 3.8) is 0 Å². The fourth-order valence-electron chi connectivity index (χ4n) is 1.75. The Balaban J connectivity index is 2.37. The van der Waals surface area contributed by atoms with Crippen molar-refractivity contribution in [3.05, 3.63) is 33.9 Å². The van der Waals surface area contributed by atoms with Crippen molar-refractivity contribution < 1.29 is 8.42 Å². The van der Waals surface area contributed by atoms with Gasteiger partial charge in [0.25, 0.3) is 10.0 Å². The Morgan fingerprint density at radius 1 is 1.40 bits per heavy atom. The van der Waals surface area contributed by atoms with Gasteiger partial charge in [0.05, 0.1) is 4.90 Å². The molecular weight excluding hydrogens is 344 g/mol. The lowest BCUT2D eigenvalue weighted by molar-refractivity contribution is 0.600. The van der Waals surface area contributed by atoms with Crippen molar-refractivity contribution in [1.29, 1.82) is 0 Å². The molecule has 20 heavy (non-hydrogen) atoms. The first kappa shape index (κ1) is 14.9. The summed E-state index contributed by atoms with van der Waals surface area (Å²) < 4.78 is 27.8. The molecule has 0 fully saturated rings. The maximum atomic E-state index is 12.3. The van der Waals surface area contributed by atoms with Gasteiger partial charge in [0, 0.05) is 21.9 Å². The zero-order valence-electron chi connectivity index (χ0n) is 11.1. The van der Waals surface area contributed by atoms with E-state index in [0.29, 0.717) is 15.7 Å². The van der Waals surface area contributed by atoms with Crippen molar-refractivity contribution >= 4 is 37.5 Å². The highest BCUT2D eigenvalue weighted by molar-refractivity contribution is 9.10. The van der Waals surface area contributed by atoms with Gasteiger partial charge in [0.2, 0.25) is 0 Å². The number of anilines is 2. The number of nitrogens with two attached hydrogens (primary N) is 1. The summed E-state index contributed by atoms with van der Waals surface area (Å²) >= 11 is 3.27. The lowest BCUT2D eigenvalue weighted by atomic mass is 10.2. The summed E-state index contributed by atoms with van der Waals surface area (Å²) in [5, 5.41) is 6.67. The number of sulfonamides is 1. The minimum Gasteiger partial charge on any atom is -0.398 e. The molecule has 4 N–H and O–H groups in total. The Labute approximate surface area is 125 Å². The number of nitrogens with one attached hydrogen (secondary N) is 2. The van der Waals surface area contributed by atoms with Crippen LogP contribution in [0.15, 0.2) is 27.6 Å². The molecule has 2 rings (SSSR count). The fraction of sp³-hybridized carbons (Fsp3) is 0.250. The van der Waals surface area contributed by atoms with Gasteiger partial charge in [-0.3, -0.25) is 9.82 Å². The van der Waals surface area contributed by atoms with Gasteiger partial charge >= 0.3 is 0 Å². The van der Waals surface area contributed by atoms with Crippen LogP contribution in [0.5, 0.6) is 0 Å². The normalized spacial score (nSPS) is 11.6. The van der Waals surface area contributed by atoms with Crippen LogP contribution in [0.25, 0.3) is 0 Å². The molecule has 1 aromatic heterocycles. The van der Waals surface area contributed by atoms with Crippen molar-refractivity contribution in [3.8, 4) is 0 Å². The average molecular weight is 359 g/mol. The SMILES string of the molecule is CCc1cc(NS(=O)(=O)c2cc(N)c(Br)cc2C)n[nH]1. The van der Waals surface area contributed by atoms with Crippen molar-refractivity contribution in [1.82, 2.24) is 10.2 Å². The molecule has 1 aromatic carbocycles. The van der Waals surface area contributed by atoms with Crippen LogP contribution in [0.1, 0.15) is 18.2 Å². The minimum atomic E-state index is -3.71. The molecule has 108 valence electrons. The van der Waals surface area contributed by atoms with Crippen LogP contribution in [0.3, 0.4) is 0 Å². The Hall–Kier alpha value is -1.54. The quantitative estimate of drug-likeness (QED) is 0.730. The second-order valence-corrected chi connectivity index (χ2v) is 6.88. The molecular formula is C12H15BrN4O2S. The molecule has 0 aliphatic rings. The Morgan fingerprint density at radius 3 is 2.70 bits per heavy atom. The van der Waals surface area contributed by atoms with E-state index in [0.717, 1.165) is 12.1 Å². The third kappa shape index (κ3) is 2.96.